The zero-order valence-electron chi connectivity index (χ0n) is 14.1. The van der Waals surface area contributed by atoms with Crippen LogP contribution in [0.3, 0.4) is 0 Å². The van der Waals surface area contributed by atoms with E-state index >= 15 is 0 Å². The maximum atomic E-state index is 12.1. The Labute approximate surface area is 132 Å². The Morgan fingerprint density at radius 2 is 1.64 bits per heavy atom. The van der Waals surface area contributed by atoms with E-state index in [9.17, 15) is 9.59 Å². The SMILES string of the molecule is CCOC(=O)C(C)OC(=O)[C@H](C)Nc1c(C)cc(C)cc1C. The summed E-state index contributed by atoms with van der Waals surface area (Å²) in [6.07, 6.45) is -0.906. The number of esters is 2. The van der Waals surface area contributed by atoms with Crippen molar-refractivity contribution in [1.82, 2.24) is 0 Å². The molecule has 1 rings (SSSR count). The third-order valence-electron chi connectivity index (χ3n) is 3.30. The van der Waals surface area contributed by atoms with Crippen LogP contribution in [-0.2, 0) is 19.1 Å². The van der Waals surface area contributed by atoms with Crippen molar-refractivity contribution in [2.45, 2.75) is 53.7 Å². The van der Waals surface area contributed by atoms with Gasteiger partial charge in [-0.3, -0.25) is 0 Å². The molecule has 0 fully saturated rings. The summed E-state index contributed by atoms with van der Waals surface area (Å²) >= 11 is 0. The standard InChI is InChI=1S/C17H25NO4/c1-7-21-17(20)14(6)22-16(19)13(5)18-15-11(3)8-10(2)9-12(15)4/h8-9,13-14,18H,7H2,1-6H3/t13-,14?/m0/s1. The van der Waals surface area contributed by atoms with E-state index < -0.39 is 24.1 Å². The number of rotatable bonds is 6. The molecule has 0 saturated carbocycles. The van der Waals surface area contributed by atoms with Gasteiger partial charge in [-0.2, -0.15) is 0 Å². The number of benzene rings is 1. The topological polar surface area (TPSA) is 64.6 Å². The Bertz CT molecular complexity index is 531. The molecule has 1 N–H and O–H groups in total. The largest absolute Gasteiger partial charge is 0.463 e. The molecule has 122 valence electrons. The lowest BCUT2D eigenvalue weighted by Crippen LogP contribution is -2.34. The highest BCUT2D eigenvalue weighted by Gasteiger charge is 2.23. The van der Waals surface area contributed by atoms with E-state index in [1.54, 1.807) is 13.8 Å². The number of hydrogen-bond acceptors (Lipinski definition) is 5. The number of aryl methyl sites for hydroxylation is 3. The van der Waals surface area contributed by atoms with Crippen LogP contribution in [0.15, 0.2) is 12.1 Å². The minimum atomic E-state index is -0.906. The molecule has 0 amide bonds. The predicted molar refractivity (Wildman–Crippen MR) is 85.9 cm³/mol. The molecular formula is C17H25NO4. The first-order valence-electron chi connectivity index (χ1n) is 7.47. The zero-order chi connectivity index (χ0) is 16.9. The lowest BCUT2D eigenvalue weighted by Gasteiger charge is -2.20. The van der Waals surface area contributed by atoms with Gasteiger partial charge in [0.1, 0.15) is 6.04 Å². The van der Waals surface area contributed by atoms with Crippen LogP contribution in [0.4, 0.5) is 5.69 Å². The van der Waals surface area contributed by atoms with Crippen LogP contribution in [0.5, 0.6) is 0 Å². The lowest BCUT2D eigenvalue weighted by molar-refractivity contribution is -0.166. The Hall–Kier alpha value is -2.04. The van der Waals surface area contributed by atoms with E-state index in [4.69, 9.17) is 9.47 Å². The Morgan fingerprint density at radius 3 is 2.14 bits per heavy atom. The highest BCUT2D eigenvalue weighted by atomic mass is 16.6. The number of ether oxygens (including phenoxy) is 2. The molecule has 5 nitrogen and oxygen atoms in total. The second-order valence-corrected chi connectivity index (χ2v) is 5.47. The van der Waals surface area contributed by atoms with Crippen molar-refractivity contribution in [2.75, 3.05) is 11.9 Å². The Balaban J connectivity index is 2.71. The summed E-state index contributed by atoms with van der Waals surface area (Å²) in [4.78, 5) is 23.5. The van der Waals surface area contributed by atoms with Gasteiger partial charge in [-0.1, -0.05) is 17.7 Å². The fraction of sp³-hybridized carbons (Fsp3) is 0.529. The summed E-state index contributed by atoms with van der Waals surface area (Å²) < 4.78 is 9.94. The molecule has 0 aromatic heterocycles. The first-order chi connectivity index (χ1) is 10.3. The molecule has 0 aliphatic heterocycles. The van der Waals surface area contributed by atoms with Gasteiger partial charge in [0.05, 0.1) is 6.61 Å². The molecule has 1 aromatic rings. The van der Waals surface area contributed by atoms with E-state index in [2.05, 4.69) is 17.4 Å². The fourth-order valence-corrected chi connectivity index (χ4v) is 2.27. The third-order valence-corrected chi connectivity index (χ3v) is 3.30. The third kappa shape index (κ3) is 4.76. The summed E-state index contributed by atoms with van der Waals surface area (Å²) in [5, 5.41) is 3.16. The minimum absolute atomic E-state index is 0.260. The van der Waals surface area contributed by atoms with Crippen molar-refractivity contribution in [1.29, 1.82) is 0 Å². The van der Waals surface area contributed by atoms with Crippen LogP contribution in [0.1, 0.15) is 37.5 Å². The van der Waals surface area contributed by atoms with Crippen molar-refractivity contribution in [3.63, 3.8) is 0 Å². The Morgan fingerprint density at radius 1 is 1.09 bits per heavy atom. The van der Waals surface area contributed by atoms with Gasteiger partial charge in [0.15, 0.2) is 6.10 Å². The van der Waals surface area contributed by atoms with E-state index in [0.29, 0.717) is 0 Å². The molecule has 5 heteroatoms. The monoisotopic (exact) mass is 307 g/mol. The molecule has 0 bridgehead atoms. The van der Waals surface area contributed by atoms with Crippen molar-refractivity contribution in [3.05, 3.63) is 28.8 Å². The number of nitrogens with one attached hydrogen (secondary N) is 1. The Kier molecular flexibility index (Phi) is 6.40. The molecule has 1 unspecified atom stereocenters. The summed E-state index contributed by atoms with van der Waals surface area (Å²) in [6.45, 7) is 11.2. The van der Waals surface area contributed by atoms with Gasteiger partial charge in [-0.25, -0.2) is 9.59 Å². The van der Waals surface area contributed by atoms with Crippen molar-refractivity contribution >= 4 is 17.6 Å². The highest BCUT2D eigenvalue weighted by Crippen LogP contribution is 2.22. The molecule has 0 spiro atoms. The van der Waals surface area contributed by atoms with Gasteiger partial charge >= 0.3 is 11.9 Å². The minimum Gasteiger partial charge on any atom is -0.463 e. The van der Waals surface area contributed by atoms with E-state index in [1.165, 1.54) is 12.5 Å². The number of carbonyl (C=O) groups is 2. The first-order valence-corrected chi connectivity index (χ1v) is 7.47. The van der Waals surface area contributed by atoms with E-state index in [-0.39, 0.29) is 6.61 Å². The molecule has 22 heavy (non-hydrogen) atoms. The number of hydrogen-bond donors (Lipinski definition) is 1. The molecule has 0 aliphatic rings. The summed E-state index contributed by atoms with van der Waals surface area (Å²) in [7, 11) is 0. The molecule has 1 aromatic carbocycles. The molecule has 0 aliphatic carbocycles. The van der Waals surface area contributed by atoms with Gasteiger partial charge in [0.2, 0.25) is 0 Å². The second-order valence-electron chi connectivity index (χ2n) is 5.47. The van der Waals surface area contributed by atoms with Crippen LogP contribution in [0, 0.1) is 20.8 Å². The molecule has 0 heterocycles. The van der Waals surface area contributed by atoms with E-state index in [1.807, 2.05) is 20.8 Å². The number of anilines is 1. The van der Waals surface area contributed by atoms with E-state index in [0.717, 1.165) is 16.8 Å². The summed E-state index contributed by atoms with van der Waals surface area (Å²) in [5.41, 5.74) is 4.22. The van der Waals surface area contributed by atoms with Crippen molar-refractivity contribution in [2.24, 2.45) is 0 Å². The van der Waals surface area contributed by atoms with Gasteiger partial charge in [-0.15, -0.1) is 0 Å². The van der Waals surface area contributed by atoms with Gasteiger partial charge < -0.3 is 14.8 Å². The fourth-order valence-electron chi connectivity index (χ4n) is 2.27. The van der Waals surface area contributed by atoms with Gasteiger partial charge in [-0.05, 0) is 52.7 Å². The van der Waals surface area contributed by atoms with Crippen LogP contribution in [-0.4, -0.2) is 30.7 Å². The number of carbonyl (C=O) groups excluding carboxylic acids is 2. The predicted octanol–water partition coefficient (Wildman–Crippen LogP) is 2.91. The smallest absolute Gasteiger partial charge is 0.347 e. The average Bonchev–Trinajstić information content (AvgIpc) is 2.42. The average molecular weight is 307 g/mol. The van der Waals surface area contributed by atoms with Gasteiger partial charge in [0.25, 0.3) is 0 Å². The molecule has 0 saturated heterocycles. The second kappa shape index (κ2) is 7.82. The van der Waals surface area contributed by atoms with Crippen LogP contribution in [0.2, 0.25) is 0 Å². The maximum Gasteiger partial charge on any atom is 0.347 e. The summed E-state index contributed by atoms with van der Waals surface area (Å²) in [5.74, 6) is -1.02. The van der Waals surface area contributed by atoms with Gasteiger partial charge in [0, 0.05) is 5.69 Å². The molecule has 2 atom stereocenters. The lowest BCUT2D eigenvalue weighted by atomic mass is 10.0. The molecule has 0 radical (unpaired) electrons. The maximum absolute atomic E-state index is 12.1. The zero-order valence-corrected chi connectivity index (χ0v) is 14.1. The normalized spacial score (nSPS) is 13.2. The first kappa shape index (κ1) is 18.0. The summed E-state index contributed by atoms with van der Waals surface area (Å²) in [6, 6.07) is 3.54. The van der Waals surface area contributed by atoms with Crippen molar-refractivity contribution < 1.29 is 19.1 Å². The highest BCUT2D eigenvalue weighted by molar-refractivity contribution is 5.83. The van der Waals surface area contributed by atoms with Crippen LogP contribution in [0.25, 0.3) is 0 Å². The van der Waals surface area contributed by atoms with Crippen molar-refractivity contribution in [3.8, 4) is 0 Å². The van der Waals surface area contributed by atoms with Crippen LogP contribution >= 0.6 is 0 Å². The van der Waals surface area contributed by atoms with Crippen LogP contribution < -0.4 is 5.32 Å². The quantitative estimate of drug-likeness (QED) is 0.819. The molecular weight excluding hydrogens is 282 g/mol.